The molecule has 2 aromatic rings. The van der Waals surface area contributed by atoms with E-state index in [2.05, 4.69) is 0 Å². The van der Waals surface area contributed by atoms with Crippen LogP contribution in [0.5, 0.6) is 0 Å². The fourth-order valence-electron chi connectivity index (χ4n) is 1.98. The molecule has 0 amide bonds. The van der Waals surface area contributed by atoms with Gasteiger partial charge in [0.2, 0.25) is 0 Å². The number of rotatable bonds is 2. The summed E-state index contributed by atoms with van der Waals surface area (Å²) < 4.78 is 0. The lowest BCUT2D eigenvalue weighted by Gasteiger charge is -2.09. The van der Waals surface area contributed by atoms with Crippen LogP contribution in [0.1, 0.15) is 33.4 Å². The quantitative estimate of drug-likeness (QED) is 0.835. The summed E-state index contributed by atoms with van der Waals surface area (Å²) in [5.74, 6) is 0. The highest BCUT2D eigenvalue weighted by Crippen LogP contribution is 2.24. The van der Waals surface area contributed by atoms with Crippen LogP contribution in [0, 0.1) is 51.7 Å². The Hall–Kier alpha value is -3.60. The second kappa shape index (κ2) is 6.03. The molecule has 95 valence electrons. The Kier molecular flexibility index (Phi) is 3.97. The van der Waals surface area contributed by atoms with E-state index < -0.39 is 0 Å². The summed E-state index contributed by atoms with van der Waals surface area (Å²) >= 11 is 0. The molecule has 0 spiro atoms. The first-order valence-electron chi connectivity index (χ1n) is 5.96. The predicted octanol–water partition coefficient (Wildman–Crippen LogP) is 2.77. The molecular weight excluding hydrogens is 260 g/mol. The summed E-state index contributed by atoms with van der Waals surface area (Å²) in [5.41, 5.74) is 2.14. The molecule has 0 saturated heterocycles. The lowest BCUT2D eigenvalue weighted by atomic mass is 9.91. The van der Waals surface area contributed by atoms with Crippen molar-refractivity contribution in [3.05, 3.63) is 76.2 Å². The highest BCUT2D eigenvalue weighted by Gasteiger charge is 2.15. The van der Waals surface area contributed by atoms with E-state index in [9.17, 15) is 0 Å². The molecule has 1 radical (unpaired) electrons. The monoisotopic (exact) mass is 267 g/mol. The smallest absolute Gasteiger partial charge is 0.0995 e. The van der Waals surface area contributed by atoms with Crippen molar-refractivity contribution in [3.8, 4) is 24.3 Å². The van der Waals surface area contributed by atoms with Crippen LogP contribution in [0.25, 0.3) is 0 Å². The Labute approximate surface area is 122 Å². The molecule has 0 N–H and O–H groups in total. The van der Waals surface area contributed by atoms with E-state index in [1.54, 1.807) is 42.8 Å². The van der Waals surface area contributed by atoms with Crippen molar-refractivity contribution in [3.63, 3.8) is 0 Å². The first-order valence-corrected chi connectivity index (χ1v) is 5.96. The molecule has 0 heterocycles. The third kappa shape index (κ3) is 2.57. The third-order valence-corrected chi connectivity index (χ3v) is 2.98. The van der Waals surface area contributed by atoms with Gasteiger partial charge in [-0.3, -0.25) is 0 Å². The van der Waals surface area contributed by atoms with Crippen molar-refractivity contribution in [2.75, 3.05) is 0 Å². The van der Waals surface area contributed by atoms with Crippen LogP contribution in [0.2, 0.25) is 0 Å². The summed E-state index contributed by atoms with van der Waals surface area (Å²) in [6.07, 6.45) is 1.55. The SMILES string of the molecule is N#Cc1cccc(C#N)c1[CH]c1c(C#N)cccc1C#N. The highest BCUT2D eigenvalue weighted by molar-refractivity contribution is 5.61. The van der Waals surface area contributed by atoms with Crippen molar-refractivity contribution in [2.45, 2.75) is 0 Å². The van der Waals surface area contributed by atoms with Gasteiger partial charge >= 0.3 is 0 Å². The van der Waals surface area contributed by atoms with E-state index in [0.717, 1.165) is 0 Å². The predicted molar refractivity (Wildman–Crippen MR) is 74.2 cm³/mol. The van der Waals surface area contributed by atoms with Gasteiger partial charge in [-0.25, -0.2) is 0 Å². The minimum Gasteiger partial charge on any atom is -0.192 e. The first kappa shape index (κ1) is 13.8. The molecule has 0 unspecified atom stereocenters. The maximum atomic E-state index is 9.16. The van der Waals surface area contributed by atoms with Gasteiger partial charge in [0, 0.05) is 6.42 Å². The van der Waals surface area contributed by atoms with Gasteiger partial charge in [0.25, 0.3) is 0 Å². The number of hydrogen-bond acceptors (Lipinski definition) is 4. The molecule has 0 aliphatic heterocycles. The highest BCUT2D eigenvalue weighted by atomic mass is 14.3. The largest absolute Gasteiger partial charge is 0.192 e. The van der Waals surface area contributed by atoms with E-state index in [4.69, 9.17) is 21.0 Å². The molecule has 0 aliphatic rings. The van der Waals surface area contributed by atoms with Crippen LogP contribution in [-0.4, -0.2) is 0 Å². The molecule has 0 aromatic heterocycles. The topological polar surface area (TPSA) is 95.2 Å². The number of nitrogens with zero attached hydrogens (tertiary/aromatic N) is 4. The summed E-state index contributed by atoms with van der Waals surface area (Å²) in [5, 5.41) is 36.6. The van der Waals surface area contributed by atoms with Gasteiger partial charge < -0.3 is 0 Å². The van der Waals surface area contributed by atoms with E-state index in [1.165, 1.54) is 0 Å². The Morgan fingerprint density at radius 3 is 1.10 bits per heavy atom. The van der Waals surface area contributed by atoms with E-state index >= 15 is 0 Å². The lowest BCUT2D eigenvalue weighted by Crippen LogP contribution is -1.99. The van der Waals surface area contributed by atoms with E-state index in [-0.39, 0.29) is 0 Å². The average Bonchev–Trinajstić information content (AvgIpc) is 2.55. The van der Waals surface area contributed by atoms with Crippen LogP contribution in [0.4, 0.5) is 0 Å². The third-order valence-electron chi connectivity index (χ3n) is 2.98. The second-order valence-corrected chi connectivity index (χ2v) is 4.13. The zero-order valence-electron chi connectivity index (χ0n) is 10.8. The number of hydrogen-bond donors (Lipinski definition) is 0. The molecular formula is C17H7N4. The van der Waals surface area contributed by atoms with Gasteiger partial charge in [0.05, 0.1) is 46.5 Å². The average molecular weight is 267 g/mol. The fourth-order valence-corrected chi connectivity index (χ4v) is 1.98. The minimum absolute atomic E-state index is 0.325. The van der Waals surface area contributed by atoms with Gasteiger partial charge in [-0.2, -0.15) is 21.0 Å². The van der Waals surface area contributed by atoms with Crippen molar-refractivity contribution in [2.24, 2.45) is 0 Å². The van der Waals surface area contributed by atoms with Gasteiger partial charge in [-0.05, 0) is 35.4 Å². The van der Waals surface area contributed by atoms with Crippen LogP contribution in [0.3, 0.4) is 0 Å². The van der Waals surface area contributed by atoms with Gasteiger partial charge in [0.1, 0.15) is 0 Å². The molecule has 0 fully saturated rings. The first-order chi connectivity index (χ1) is 10.2. The summed E-state index contributed by atoms with van der Waals surface area (Å²) in [7, 11) is 0. The molecule has 0 atom stereocenters. The number of nitriles is 4. The standard InChI is InChI=1S/C17H7N4/c18-8-12-3-1-4-13(9-19)16(12)7-17-14(10-20)5-2-6-15(17)11-21/h1-7H. The Bertz CT molecular complexity index is 730. The molecule has 0 aliphatic carbocycles. The Morgan fingerprint density at radius 1 is 0.571 bits per heavy atom. The minimum atomic E-state index is 0.325. The summed E-state index contributed by atoms with van der Waals surface area (Å²) in [4.78, 5) is 0. The van der Waals surface area contributed by atoms with Crippen LogP contribution in [-0.2, 0) is 0 Å². The molecule has 2 rings (SSSR count). The Morgan fingerprint density at radius 2 is 0.857 bits per heavy atom. The molecule has 0 saturated carbocycles. The Balaban J connectivity index is 2.66. The molecule has 4 heteroatoms. The maximum absolute atomic E-state index is 9.16. The summed E-state index contributed by atoms with van der Waals surface area (Å²) in [6, 6.07) is 17.7. The van der Waals surface area contributed by atoms with E-state index in [0.29, 0.717) is 33.4 Å². The van der Waals surface area contributed by atoms with Gasteiger partial charge in [-0.15, -0.1) is 0 Å². The lowest BCUT2D eigenvalue weighted by molar-refractivity contribution is 1.31. The van der Waals surface area contributed by atoms with Crippen molar-refractivity contribution in [1.82, 2.24) is 0 Å². The zero-order chi connectivity index (χ0) is 15.2. The van der Waals surface area contributed by atoms with Crippen molar-refractivity contribution >= 4 is 0 Å². The van der Waals surface area contributed by atoms with Crippen molar-refractivity contribution < 1.29 is 0 Å². The van der Waals surface area contributed by atoms with Crippen molar-refractivity contribution in [1.29, 1.82) is 21.0 Å². The fraction of sp³-hybridized carbons (Fsp3) is 0. The van der Waals surface area contributed by atoms with Gasteiger partial charge in [-0.1, -0.05) is 12.1 Å². The molecule has 2 aromatic carbocycles. The maximum Gasteiger partial charge on any atom is 0.0995 e. The number of benzene rings is 2. The molecule has 4 nitrogen and oxygen atoms in total. The molecule has 21 heavy (non-hydrogen) atoms. The second-order valence-electron chi connectivity index (χ2n) is 4.13. The van der Waals surface area contributed by atoms with Crippen LogP contribution >= 0.6 is 0 Å². The van der Waals surface area contributed by atoms with E-state index in [1.807, 2.05) is 24.3 Å². The summed E-state index contributed by atoms with van der Waals surface area (Å²) in [6.45, 7) is 0. The van der Waals surface area contributed by atoms with Crippen LogP contribution in [0.15, 0.2) is 36.4 Å². The normalized spacial score (nSPS) is 8.95. The zero-order valence-corrected chi connectivity index (χ0v) is 10.8. The van der Waals surface area contributed by atoms with Gasteiger partial charge in [0.15, 0.2) is 0 Å². The molecule has 0 bridgehead atoms. The van der Waals surface area contributed by atoms with Crippen LogP contribution < -0.4 is 0 Å².